The molecule has 3 aromatic heterocycles. The standard InChI is InChI=1S/C14H11N5/c15-14-18-11-4-3-8(6-12(11)19-14)10-7-17-13-9(10)2-1-5-16-13/h1-7H,(H,16,17)(H3,15,18,19). The lowest BCUT2D eigenvalue weighted by Gasteiger charge is -1.99. The minimum Gasteiger partial charge on any atom is -0.369 e. The normalized spacial score (nSPS) is 11.4. The zero-order chi connectivity index (χ0) is 12.8. The molecule has 0 saturated heterocycles. The monoisotopic (exact) mass is 249 g/mol. The molecule has 0 radical (unpaired) electrons. The van der Waals surface area contributed by atoms with Gasteiger partial charge >= 0.3 is 0 Å². The summed E-state index contributed by atoms with van der Waals surface area (Å²) in [7, 11) is 0. The predicted molar refractivity (Wildman–Crippen MR) is 75.6 cm³/mol. The van der Waals surface area contributed by atoms with Gasteiger partial charge in [-0.25, -0.2) is 9.97 Å². The number of H-pyrrole nitrogens is 2. The molecule has 0 aliphatic heterocycles. The molecule has 5 heteroatoms. The molecule has 0 spiro atoms. The van der Waals surface area contributed by atoms with E-state index in [1.165, 1.54) is 0 Å². The number of fused-ring (bicyclic) bond motifs is 2. The second-order valence-electron chi connectivity index (χ2n) is 4.46. The van der Waals surface area contributed by atoms with Crippen molar-refractivity contribution in [3.63, 3.8) is 0 Å². The summed E-state index contributed by atoms with van der Waals surface area (Å²) in [4.78, 5) is 14.7. The number of hydrogen-bond acceptors (Lipinski definition) is 3. The number of imidazole rings is 1. The summed E-state index contributed by atoms with van der Waals surface area (Å²) >= 11 is 0. The van der Waals surface area contributed by atoms with E-state index in [1.807, 2.05) is 24.4 Å². The number of aromatic nitrogens is 4. The number of nitrogens with zero attached hydrogens (tertiary/aromatic N) is 2. The molecule has 0 aliphatic carbocycles. The topological polar surface area (TPSA) is 83.4 Å². The van der Waals surface area contributed by atoms with Gasteiger partial charge in [-0.3, -0.25) is 0 Å². The minimum absolute atomic E-state index is 0.438. The van der Waals surface area contributed by atoms with Crippen LogP contribution in [0.5, 0.6) is 0 Å². The van der Waals surface area contributed by atoms with Crippen molar-refractivity contribution >= 4 is 28.0 Å². The summed E-state index contributed by atoms with van der Waals surface area (Å²) in [5.41, 5.74) is 10.6. The molecular formula is C14H11N5. The number of aromatic amines is 2. The number of nitrogen functional groups attached to an aromatic ring is 1. The summed E-state index contributed by atoms with van der Waals surface area (Å²) < 4.78 is 0. The third-order valence-corrected chi connectivity index (χ3v) is 3.26. The van der Waals surface area contributed by atoms with Crippen molar-refractivity contribution in [1.29, 1.82) is 0 Å². The van der Waals surface area contributed by atoms with Gasteiger partial charge in [-0.15, -0.1) is 0 Å². The van der Waals surface area contributed by atoms with Crippen molar-refractivity contribution in [3.8, 4) is 11.1 Å². The molecule has 0 atom stereocenters. The fraction of sp³-hybridized carbons (Fsp3) is 0. The Balaban J connectivity index is 1.98. The molecular weight excluding hydrogens is 238 g/mol. The van der Waals surface area contributed by atoms with Gasteiger partial charge in [0.05, 0.1) is 11.0 Å². The number of benzene rings is 1. The van der Waals surface area contributed by atoms with Crippen LogP contribution in [-0.4, -0.2) is 19.9 Å². The number of nitrogens with two attached hydrogens (primary N) is 1. The molecule has 0 unspecified atom stereocenters. The van der Waals surface area contributed by atoms with Crippen molar-refractivity contribution in [2.45, 2.75) is 0 Å². The van der Waals surface area contributed by atoms with Crippen molar-refractivity contribution in [1.82, 2.24) is 19.9 Å². The summed E-state index contributed by atoms with van der Waals surface area (Å²) in [6.07, 6.45) is 3.75. The zero-order valence-electron chi connectivity index (χ0n) is 10.0. The van der Waals surface area contributed by atoms with Crippen LogP contribution in [-0.2, 0) is 0 Å². The van der Waals surface area contributed by atoms with E-state index >= 15 is 0 Å². The molecule has 5 nitrogen and oxygen atoms in total. The van der Waals surface area contributed by atoms with E-state index in [2.05, 4.69) is 32.1 Å². The second-order valence-corrected chi connectivity index (χ2v) is 4.46. The number of anilines is 1. The quantitative estimate of drug-likeness (QED) is 0.485. The molecule has 0 aliphatic rings. The van der Waals surface area contributed by atoms with E-state index in [1.54, 1.807) is 6.20 Å². The van der Waals surface area contributed by atoms with Crippen LogP contribution >= 0.6 is 0 Å². The third kappa shape index (κ3) is 1.48. The van der Waals surface area contributed by atoms with Gasteiger partial charge in [0.15, 0.2) is 5.95 Å². The maximum Gasteiger partial charge on any atom is 0.198 e. The highest BCUT2D eigenvalue weighted by molar-refractivity contribution is 5.95. The molecule has 0 saturated carbocycles. The highest BCUT2D eigenvalue weighted by Crippen LogP contribution is 2.29. The Kier molecular flexibility index (Phi) is 1.91. The van der Waals surface area contributed by atoms with E-state index in [9.17, 15) is 0 Å². The fourth-order valence-corrected chi connectivity index (χ4v) is 2.39. The van der Waals surface area contributed by atoms with Crippen molar-refractivity contribution in [3.05, 3.63) is 42.7 Å². The zero-order valence-corrected chi connectivity index (χ0v) is 10.0. The first-order chi connectivity index (χ1) is 9.31. The maximum absolute atomic E-state index is 5.67. The van der Waals surface area contributed by atoms with E-state index < -0.39 is 0 Å². The van der Waals surface area contributed by atoms with Crippen LogP contribution in [0.4, 0.5) is 5.95 Å². The lowest BCUT2D eigenvalue weighted by atomic mass is 10.1. The first-order valence-electron chi connectivity index (χ1n) is 5.99. The molecule has 4 N–H and O–H groups in total. The second kappa shape index (κ2) is 3.58. The Morgan fingerprint density at radius 2 is 2.11 bits per heavy atom. The van der Waals surface area contributed by atoms with Crippen molar-refractivity contribution in [2.75, 3.05) is 5.73 Å². The third-order valence-electron chi connectivity index (χ3n) is 3.26. The average Bonchev–Trinajstić information content (AvgIpc) is 2.99. The predicted octanol–water partition coefficient (Wildman–Crippen LogP) is 2.69. The van der Waals surface area contributed by atoms with Crippen LogP contribution < -0.4 is 5.73 Å². The fourth-order valence-electron chi connectivity index (χ4n) is 2.39. The Labute approximate surface area is 108 Å². The van der Waals surface area contributed by atoms with Crippen LogP contribution in [0, 0.1) is 0 Å². The van der Waals surface area contributed by atoms with Gasteiger partial charge < -0.3 is 15.7 Å². The van der Waals surface area contributed by atoms with Crippen LogP contribution in [0.1, 0.15) is 0 Å². The smallest absolute Gasteiger partial charge is 0.198 e. The molecule has 19 heavy (non-hydrogen) atoms. The summed E-state index contributed by atoms with van der Waals surface area (Å²) in [6.45, 7) is 0. The first kappa shape index (κ1) is 10.1. The van der Waals surface area contributed by atoms with Crippen molar-refractivity contribution in [2.24, 2.45) is 0 Å². The van der Waals surface area contributed by atoms with E-state index in [0.717, 1.165) is 33.2 Å². The van der Waals surface area contributed by atoms with Gasteiger partial charge in [0.1, 0.15) is 5.65 Å². The molecule has 3 heterocycles. The Bertz CT molecular complexity index is 887. The Hall–Kier alpha value is -2.82. The van der Waals surface area contributed by atoms with Gasteiger partial charge in [-0.05, 0) is 29.8 Å². The van der Waals surface area contributed by atoms with Gasteiger partial charge in [0, 0.05) is 23.3 Å². The lowest BCUT2D eigenvalue weighted by molar-refractivity contribution is 1.33. The lowest BCUT2D eigenvalue weighted by Crippen LogP contribution is -1.84. The van der Waals surface area contributed by atoms with Crippen molar-refractivity contribution < 1.29 is 0 Å². The summed E-state index contributed by atoms with van der Waals surface area (Å²) in [5, 5.41) is 1.10. The number of hydrogen-bond donors (Lipinski definition) is 3. The average molecular weight is 249 g/mol. The number of nitrogens with one attached hydrogen (secondary N) is 2. The highest BCUT2D eigenvalue weighted by Gasteiger charge is 2.08. The molecule has 92 valence electrons. The Morgan fingerprint density at radius 3 is 3.05 bits per heavy atom. The molecule has 4 rings (SSSR count). The highest BCUT2D eigenvalue weighted by atomic mass is 15.0. The molecule has 4 aromatic rings. The van der Waals surface area contributed by atoms with Crippen LogP contribution in [0.25, 0.3) is 33.2 Å². The molecule has 1 aromatic carbocycles. The van der Waals surface area contributed by atoms with E-state index in [0.29, 0.717) is 5.95 Å². The van der Waals surface area contributed by atoms with E-state index in [-0.39, 0.29) is 0 Å². The van der Waals surface area contributed by atoms with Gasteiger partial charge in [-0.1, -0.05) is 6.07 Å². The molecule has 0 amide bonds. The van der Waals surface area contributed by atoms with Gasteiger partial charge in [0.2, 0.25) is 0 Å². The number of rotatable bonds is 1. The van der Waals surface area contributed by atoms with Crippen LogP contribution in [0.3, 0.4) is 0 Å². The summed E-state index contributed by atoms with van der Waals surface area (Å²) in [6, 6.07) is 10.1. The first-order valence-corrected chi connectivity index (χ1v) is 5.99. The largest absolute Gasteiger partial charge is 0.369 e. The Morgan fingerprint density at radius 1 is 1.16 bits per heavy atom. The number of pyridine rings is 1. The van der Waals surface area contributed by atoms with E-state index in [4.69, 9.17) is 5.73 Å². The molecule has 0 fully saturated rings. The van der Waals surface area contributed by atoms with Gasteiger partial charge in [0.25, 0.3) is 0 Å². The minimum atomic E-state index is 0.438. The maximum atomic E-state index is 5.67. The summed E-state index contributed by atoms with van der Waals surface area (Å²) in [5.74, 6) is 0.438. The molecule has 0 bridgehead atoms. The van der Waals surface area contributed by atoms with Gasteiger partial charge in [-0.2, -0.15) is 0 Å². The van der Waals surface area contributed by atoms with Crippen LogP contribution in [0.2, 0.25) is 0 Å². The van der Waals surface area contributed by atoms with Crippen LogP contribution in [0.15, 0.2) is 42.7 Å². The SMILES string of the molecule is Nc1nc2cc(-c3c[nH]c4ncccc34)ccc2[nH]1.